The van der Waals surface area contributed by atoms with Crippen LogP contribution in [0.1, 0.15) is 67.2 Å². The third-order valence-corrected chi connectivity index (χ3v) is 8.61. The van der Waals surface area contributed by atoms with E-state index >= 15 is 0 Å². The van der Waals surface area contributed by atoms with Gasteiger partial charge in [0.1, 0.15) is 0 Å². The van der Waals surface area contributed by atoms with Gasteiger partial charge in [-0.05, 0) is 35.9 Å². The van der Waals surface area contributed by atoms with E-state index in [1.807, 2.05) is 0 Å². The van der Waals surface area contributed by atoms with E-state index in [0.29, 0.717) is 30.1 Å². The van der Waals surface area contributed by atoms with Crippen LogP contribution in [0.15, 0.2) is 0 Å². The molecule has 0 aromatic rings. The molecule has 0 heterocycles. The molecule has 0 bridgehead atoms. The average Bonchev–Trinajstić information content (AvgIpc) is 2.40. The molecule has 0 unspecified atom stereocenters. The molecule has 0 atom stereocenters. The van der Waals surface area contributed by atoms with Crippen LogP contribution in [0.2, 0.25) is 18.1 Å². The topological polar surface area (TPSA) is 26.3 Å². The highest BCUT2D eigenvalue weighted by Gasteiger charge is 2.37. The average molecular weight is 349 g/mol. The molecule has 4 heteroatoms. The lowest BCUT2D eigenvalue weighted by molar-refractivity contribution is -0.134. The molecule has 0 saturated carbocycles. The number of carbonyl (C=O) groups excluding carboxylic acids is 1. The third kappa shape index (κ3) is 10.7. The lowest BCUT2D eigenvalue weighted by atomic mass is 10.2. The van der Waals surface area contributed by atoms with Crippen molar-refractivity contribution in [3.63, 3.8) is 0 Å². The van der Waals surface area contributed by atoms with Crippen molar-refractivity contribution in [3.8, 4) is 0 Å². The molecule has 0 aliphatic heterocycles. The molecule has 0 radical (unpaired) electrons. The second-order valence-electron chi connectivity index (χ2n) is 7.89. The summed E-state index contributed by atoms with van der Waals surface area (Å²) >= 11 is 5.72. The zero-order valence-corrected chi connectivity index (χ0v) is 17.3. The minimum Gasteiger partial charge on any atom is -0.519 e. The van der Waals surface area contributed by atoms with Crippen molar-refractivity contribution in [2.24, 2.45) is 17.8 Å². The zero-order valence-electron chi connectivity index (χ0n) is 15.6. The van der Waals surface area contributed by atoms with Gasteiger partial charge in [0.2, 0.25) is 0 Å². The molecular weight excluding hydrogens is 312 g/mol. The number of rotatable bonds is 12. The van der Waals surface area contributed by atoms with E-state index in [-0.39, 0.29) is 5.97 Å². The molecule has 0 aromatic heterocycles. The molecule has 0 spiro atoms. The molecule has 0 aliphatic carbocycles. The van der Waals surface area contributed by atoms with Gasteiger partial charge in [-0.15, -0.1) is 11.6 Å². The van der Waals surface area contributed by atoms with Crippen molar-refractivity contribution < 1.29 is 9.22 Å². The molecule has 0 saturated heterocycles. The number of hydrogen-bond donors (Lipinski definition) is 0. The largest absolute Gasteiger partial charge is 0.519 e. The van der Waals surface area contributed by atoms with Gasteiger partial charge < -0.3 is 4.43 Å². The van der Waals surface area contributed by atoms with Crippen LogP contribution < -0.4 is 0 Å². The summed E-state index contributed by atoms with van der Waals surface area (Å²) in [5, 5.41) is 0. The molecule has 0 fully saturated rings. The Balaban J connectivity index is 5.03. The summed E-state index contributed by atoms with van der Waals surface area (Å²) in [6.07, 6.45) is 3.84. The van der Waals surface area contributed by atoms with Crippen molar-refractivity contribution in [1.29, 1.82) is 0 Å². The predicted molar refractivity (Wildman–Crippen MR) is 100.0 cm³/mol. The van der Waals surface area contributed by atoms with E-state index in [2.05, 4.69) is 41.5 Å². The van der Waals surface area contributed by atoms with E-state index in [0.717, 1.165) is 37.4 Å². The maximum absolute atomic E-state index is 12.1. The van der Waals surface area contributed by atoms with Crippen molar-refractivity contribution >= 4 is 25.9 Å². The van der Waals surface area contributed by atoms with Gasteiger partial charge in [0.05, 0.1) is 6.42 Å². The van der Waals surface area contributed by atoms with Gasteiger partial charge in [-0.3, -0.25) is 4.79 Å². The van der Waals surface area contributed by atoms with Gasteiger partial charge in [-0.25, -0.2) is 0 Å². The van der Waals surface area contributed by atoms with Gasteiger partial charge in [-0.2, -0.15) is 0 Å². The Morgan fingerprint density at radius 3 is 1.50 bits per heavy atom. The Morgan fingerprint density at radius 1 is 0.864 bits per heavy atom. The quantitative estimate of drug-likeness (QED) is 0.308. The monoisotopic (exact) mass is 348 g/mol. The molecular formula is C18H37ClO2Si. The van der Waals surface area contributed by atoms with Gasteiger partial charge in [0.25, 0.3) is 14.3 Å². The van der Waals surface area contributed by atoms with E-state index in [9.17, 15) is 4.79 Å². The van der Waals surface area contributed by atoms with Gasteiger partial charge in [-0.1, -0.05) is 60.8 Å². The maximum atomic E-state index is 12.1. The molecule has 132 valence electrons. The SMILES string of the molecule is CC(C)CC[Si](CCC(C)C)(CCC(C)C)OC(=O)CCCl. The fourth-order valence-electron chi connectivity index (χ4n) is 2.55. The predicted octanol–water partition coefficient (Wildman–Crippen LogP) is 6.24. The first kappa shape index (κ1) is 22.0. The second kappa shape index (κ2) is 11.5. The van der Waals surface area contributed by atoms with E-state index in [1.165, 1.54) is 0 Å². The minimum absolute atomic E-state index is 0.0714. The molecule has 22 heavy (non-hydrogen) atoms. The standard InChI is InChI=1S/C18H37ClO2Si/c1-15(2)8-12-22(13-9-16(3)4,14-10-17(5)6)21-18(20)7-11-19/h15-17H,7-14H2,1-6H3. The fraction of sp³-hybridized carbons (Fsp3) is 0.944. The van der Waals surface area contributed by atoms with Crippen LogP contribution in [-0.4, -0.2) is 20.2 Å². The van der Waals surface area contributed by atoms with Crippen LogP contribution >= 0.6 is 11.6 Å². The first-order valence-electron chi connectivity index (χ1n) is 8.98. The maximum Gasteiger partial charge on any atom is 0.293 e. The third-order valence-electron chi connectivity index (χ3n) is 4.16. The van der Waals surface area contributed by atoms with Gasteiger partial charge in [0.15, 0.2) is 0 Å². The van der Waals surface area contributed by atoms with Crippen LogP contribution in [0, 0.1) is 17.8 Å². The summed E-state index contributed by atoms with van der Waals surface area (Å²) in [6.45, 7) is 13.5. The highest BCUT2D eigenvalue weighted by Crippen LogP contribution is 2.32. The van der Waals surface area contributed by atoms with Gasteiger partial charge in [0, 0.05) is 5.88 Å². The van der Waals surface area contributed by atoms with Crippen molar-refractivity contribution in [3.05, 3.63) is 0 Å². The minimum atomic E-state index is -1.99. The van der Waals surface area contributed by atoms with Crippen LogP contribution in [-0.2, 0) is 9.22 Å². The zero-order chi connectivity index (χ0) is 17.2. The normalized spacial score (nSPS) is 12.5. The molecule has 0 rings (SSSR count). The van der Waals surface area contributed by atoms with E-state index < -0.39 is 8.32 Å². The van der Waals surface area contributed by atoms with Crippen molar-refractivity contribution in [1.82, 2.24) is 0 Å². The Labute approximate surface area is 144 Å². The molecule has 0 N–H and O–H groups in total. The first-order valence-corrected chi connectivity index (χ1v) is 12.0. The smallest absolute Gasteiger partial charge is 0.293 e. The summed E-state index contributed by atoms with van der Waals surface area (Å²) < 4.78 is 6.15. The Hall–Kier alpha value is -0.0231. The van der Waals surface area contributed by atoms with E-state index in [1.54, 1.807) is 0 Å². The highest BCUT2D eigenvalue weighted by molar-refractivity contribution is 6.75. The summed E-state index contributed by atoms with van der Waals surface area (Å²) in [5.74, 6) is 2.28. The summed E-state index contributed by atoms with van der Waals surface area (Å²) in [4.78, 5) is 12.1. The second-order valence-corrected chi connectivity index (χ2v) is 12.3. The van der Waals surface area contributed by atoms with Crippen LogP contribution in [0.4, 0.5) is 0 Å². The Morgan fingerprint density at radius 2 is 1.23 bits per heavy atom. The molecule has 0 aromatic carbocycles. The number of hydrogen-bond acceptors (Lipinski definition) is 2. The summed E-state index contributed by atoms with van der Waals surface area (Å²) in [5.41, 5.74) is 0. The lowest BCUT2D eigenvalue weighted by Crippen LogP contribution is -2.41. The highest BCUT2D eigenvalue weighted by atomic mass is 35.5. The Kier molecular flexibility index (Phi) is 11.5. The number of alkyl halides is 1. The van der Waals surface area contributed by atoms with Gasteiger partial charge >= 0.3 is 0 Å². The van der Waals surface area contributed by atoms with Crippen molar-refractivity contribution in [2.75, 3.05) is 5.88 Å². The summed E-state index contributed by atoms with van der Waals surface area (Å²) in [7, 11) is -1.99. The van der Waals surface area contributed by atoms with Crippen LogP contribution in [0.3, 0.4) is 0 Å². The lowest BCUT2D eigenvalue weighted by Gasteiger charge is -2.33. The van der Waals surface area contributed by atoms with Crippen LogP contribution in [0.25, 0.3) is 0 Å². The fourth-order valence-corrected chi connectivity index (χ4v) is 7.66. The number of carbonyl (C=O) groups is 1. The summed E-state index contributed by atoms with van der Waals surface area (Å²) in [6, 6.07) is 3.33. The molecule has 0 aliphatic rings. The first-order chi connectivity index (χ1) is 10.2. The van der Waals surface area contributed by atoms with E-state index in [4.69, 9.17) is 16.0 Å². The van der Waals surface area contributed by atoms with Crippen LogP contribution in [0.5, 0.6) is 0 Å². The number of halogens is 1. The molecule has 0 amide bonds. The molecule has 2 nitrogen and oxygen atoms in total. The van der Waals surface area contributed by atoms with Crippen molar-refractivity contribution in [2.45, 2.75) is 85.4 Å². The Bertz CT molecular complexity index is 272.